The second-order valence-electron chi connectivity index (χ2n) is 4.48. The van der Waals surface area contributed by atoms with Gasteiger partial charge in [0.15, 0.2) is 0 Å². The summed E-state index contributed by atoms with van der Waals surface area (Å²) >= 11 is 0. The highest BCUT2D eigenvalue weighted by Gasteiger charge is 2.34. The van der Waals surface area contributed by atoms with Crippen LogP contribution in [-0.2, 0) is 21.5 Å². The molecule has 5 nitrogen and oxygen atoms in total. The fourth-order valence-electron chi connectivity index (χ4n) is 2.17. The highest BCUT2D eigenvalue weighted by atomic mass is 32.2. The molecule has 1 aliphatic rings. The molecule has 0 spiro atoms. The lowest BCUT2D eigenvalue weighted by Crippen LogP contribution is -2.29. The van der Waals surface area contributed by atoms with E-state index in [0.29, 0.717) is 19.5 Å². The van der Waals surface area contributed by atoms with E-state index in [2.05, 4.69) is 0 Å². The third-order valence-electron chi connectivity index (χ3n) is 3.04. The van der Waals surface area contributed by atoms with E-state index < -0.39 is 21.8 Å². The molecule has 1 fully saturated rings. The maximum atomic E-state index is 11.9. The Morgan fingerprint density at radius 3 is 2.56 bits per heavy atom. The molecule has 6 heteroatoms. The zero-order valence-electron chi connectivity index (χ0n) is 9.82. The molecule has 1 N–H and O–H groups in total. The van der Waals surface area contributed by atoms with Crippen molar-refractivity contribution in [3.8, 4) is 0 Å². The summed E-state index contributed by atoms with van der Waals surface area (Å²) < 4.78 is 30.3. The third kappa shape index (κ3) is 3.30. The molecule has 1 amide bonds. The molecule has 0 radical (unpaired) electrons. The minimum atomic E-state index is -4.08. The smallest absolute Gasteiger partial charge is 0.265 e. The minimum absolute atomic E-state index is 0.198. The van der Waals surface area contributed by atoms with Crippen LogP contribution in [0.4, 0.5) is 0 Å². The van der Waals surface area contributed by atoms with Crippen LogP contribution in [-0.4, -0.2) is 36.1 Å². The van der Waals surface area contributed by atoms with Crippen LogP contribution in [0.25, 0.3) is 0 Å². The van der Waals surface area contributed by atoms with Gasteiger partial charge in [0.05, 0.1) is 11.7 Å². The predicted molar refractivity (Wildman–Crippen MR) is 66.4 cm³/mol. The van der Waals surface area contributed by atoms with E-state index in [1.165, 1.54) is 0 Å². The maximum absolute atomic E-state index is 11.9. The van der Waals surface area contributed by atoms with E-state index >= 15 is 0 Å². The van der Waals surface area contributed by atoms with Crippen molar-refractivity contribution in [2.24, 2.45) is 5.92 Å². The largest absolute Gasteiger partial charge is 0.338 e. The Kier molecular flexibility index (Phi) is 3.68. The number of benzene rings is 1. The number of carbonyl (C=O) groups excluding carboxylic acids is 1. The zero-order valence-corrected chi connectivity index (χ0v) is 10.6. The lowest BCUT2D eigenvalue weighted by atomic mass is 10.1. The van der Waals surface area contributed by atoms with Gasteiger partial charge in [-0.3, -0.25) is 9.35 Å². The molecule has 1 aliphatic heterocycles. The van der Waals surface area contributed by atoms with Crippen molar-refractivity contribution in [2.75, 3.05) is 12.3 Å². The summed E-state index contributed by atoms with van der Waals surface area (Å²) in [6, 6.07) is 9.53. The Balaban J connectivity index is 2.00. The van der Waals surface area contributed by atoms with E-state index in [-0.39, 0.29) is 5.91 Å². The zero-order chi connectivity index (χ0) is 13.2. The number of hydrogen-bond acceptors (Lipinski definition) is 3. The van der Waals surface area contributed by atoms with Gasteiger partial charge in [0.1, 0.15) is 0 Å². The second-order valence-corrected chi connectivity index (χ2v) is 5.98. The molecule has 0 unspecified atom stereocenters. The van der Waals surface area contributed by atoms with Gasteiger partial charge in [-0.2, -0.15) is 8.42 Å². The topological polar surface area (TPSA) is 74.7 Å². The monoisotopic (exact) mass is 269 g/mol. The molecular formula is C12H15NO4S. The van der Waals surface area contributed by atoms with Crippen molar-refractivity contribution >= 4 is 16.0 Å². The number of amides is 1. The lowest BCUT2D eigenvalue weighted by Gasteiger charge is -2.16. The standard InChI is InChI=1S/C12H15NO4S/c14-12-11(9-18(15,16)17)6-7-13(12)8-10-4-2-1-3-5-10/h1-5,11H,6-9H2,(H,15,16,17)/t11-/m1/s1. The Hall–Kier alpha value is -1.40. The summed E-state index contributed by atoms with van der Waals surface area (Å²) in [6.45, 7) is 1.02. The summed E-state index contributed by atoms with van der Waals surface area (Å²) in [7, 11) is -4.08. The average molecular weight is 269 g/mol. The number of rotatable bonds is 4. The van der Waals surface area contributed by atoms with Crippen LogP contribution in [0.3, 0.4) is 0 Å². The average Bonchev–Trinajstić information content (AvgIpc) is 2.61. The first-order chi connectivity index (χ1) is 8.46. The van der Waals surface area contributed by atoms with Crippen LogP contribution in [0.2, 0.25) is 0 Å². The van der Waals surface area contributed by atoms with Crippen LogP contribution >= 0.6 is 0 Å². The number of likely N-dealkylation sites (tertiary alicyclic amines) is 1. The first-order valence-corrected chi connectivity index (χ1v) is 7.34. The van der Waals surface area contributed by atoms with Crippen LogP contribution in [0, 0.1) is 5.92 Å². The minimum Gasteiger partial charge on any atom is -0.338 e. The summed E-state index contributed by atoms with van der Waals surface area (Å²) in [6.07, 6.45) is 0.478. The van der Waals surface area contributed by atoms with Crippen molar-refractivity contribution in [1.82, 2.24) is 4.90 Å². The molecule has 0 saturated carbocycles. The first kappa shape index (κ1) is 13.0. The van der Waals surface area contributed by atoms with E-state index in [0.717, 1.165) is 5.56 Å². The Morgan fingerprint density at radius 1 is 1.28 bits per heavy atom. The Morgan fingerprint density at radius 2 is 1.94 bits per heavy atom. The fraction of sp³-hybridized carbons (Fsp3) is 0.417. The molecule has 1 aromatic carbocycles. The number of carbonyl (C=O) groups is 1. The van der Waals surface area contributed by atoms with Gasteiger partial charge in [-0.15, -0.1) is 0 Å². The number of nitrogens with zero attached hydrogens (tertiary/aromatic N) is 1. The lowest BCUT2D eigenvalue weighted by molar-refractivity contribution is -0.130. The quantitative estimate of drug-likeness (QED) is 0.825. The van der Waals surface area contributed by atoms with Crippen molar-refractivity contribution in [3.05, 3.63) is 35.9 Å². The van der Waals surface area contributed by atoms with E-state index in [4.69, 9.17) is 4.55 Å². The van der Waals surface area contributed by atoms with Crippen molar-refractivity contribution in [3.63, 3.8) is 0 Å². The van der Waals surface area contributed by atoms with E-state index in [1.54, 1.807) is 4.90 Å². The molecule has 1 heterocycles. The molecule has 98 valence electrons. The van der Waals surface area contributed by atoms with Gasteiger partial charge in [0.25, 0.3) is 10.1 Å². The second kappa shape index (κ2) is 5.07. The van der Waals surface area contributed by atoms with Gasteiger partial charge in [-0.05, 0) is 12.0 Å². The molecule has 0 aliphatic carbocycles. The van der Waals surface area contributed by atoms with Gasteiger partial charge in [-0.25, -0.2) is 0 Å². The van der Waals surface area contributed by atoms with Crippen LogP contribution in [0.15, 0.2) is 30.3 Å². The normalized spacial score (nSPS) is 20.4. The number of hydrogen-bond donors (Lipinski definition) is 1. The third-order valence-corrected chi connectivity index (χ3v) is 3.86. The van der Waals surface area contributed by atoms with Gasteiger partial charge >= 0.3 is 0 Å². The Bertz CT molecular complexity index is 526. The van der Waals surface area contributed by atoms with Crippen LogP contribution in [0.1, 0.15) is 12.0 Å². The Labute approximate surface area is 106 Å². The summed E-state index contributed by atoms with van der Waals surface area (Å²) in [5.41, 5.74) is 1.01. The molecule has 18 heavy (non-hydrogen) atoms. The maximum Gasteiger partial charge on any atom is 0.265 e. The van der Waals surface area contributed by atoms with E-state index in [9.17, 15) is 13.2 Å². The SMILES string of the molecule is O=C1[C@@H](CS(=O)(=O)O)CCN1Cc1ccccc1. The molecule has 0 aromatic heterocycles. The van der Waals surface area contributed by atoms with Gasteiger partial charge < -0.3 is 4.90 Å². The van der Waals surface area contributed by atoms with Gasteiger partial charge in [0.2, 0.25) is 5.91 Å². The van der Waals surface area contributed by atoms with Crippen molar-refractivity contribution in [1.29, 1.82) is 0 Å². The van der Waals surface area contributed by atoms with Crippen molar-refractivity contribution in [2.45, 2.75) is 13.0 Å². The van der Waals surface area contributed by atoms with E-state index in [1.807, 2.05) is 30.3 Å². The van der Waals surface area contributed by atoms with Crippen molar-refractivity contribution < 1.29 is 17.8 Å². The fourth-order valence-corrected chi connectivity index (χ4v) is 2.99. The van der Waals surface area contributed by atoms with Crippen LogP contribution in [0.5, 0.6) is 0 Å². The molecule has 1 atom stereocenters. The summed E-state index contributed by atoms with van der Waals surface area (Å²) in [4.78, 5) is 13.6. The highest BCUT2D eigenvalue weighted by Crippen LogP contribution is 2.21. The highest BCUT2D eigenvalue weighted by molar-refractivity contribution is 7.85. The molecular weight excluding hydrogens is 254 g/mol. The van der Waals surface area contributed by atoms with Gasteiger partial charge in [-0.1, -0.05) is 30.3 Å². The molecule has 0 bridgehead atoms. The summed E-state index contributed by atoms with van der Waals surface area (Å²) in [5, 5.41) is 0. The van der Waals surface area contributed by atoms with Gasteiger partial charge in [0, 0.05) is 13.1 Å². The molecule has 2 rings (SSSR count). The summed E-state index contributed by atoms with van der Waals surface area (Å²) in [5.74, 6) is -1.28. The first-order valence-electron chi connectivity index (χ1n) is 5.73. The predicted octanol–water partition coefficient (Wildman–Crippen LogP) is 0.923. The molecule has 1 aromatic rings. The van der Waals surface area contributed by atoms with Crippen LogP contribution < -0.4 is 0 Å². The molecule has 1 saturated heterocycles.